The van der Waals surface area contributed by atoms with Crippen molar-refractivity contribution < 1.29 is 9.90 Å². The molecule has 1 aliphatic heterocycles. The van der Waals surface area contributed by atoms with Crippen molar-refractivity contribution in [2.75, 3.05) is 25.0 Å². The van der Waals surface area contributed by atoms with Gasteiger partial charge in [-0.2, -0.15) is 5.10 Å². The largest absolute Gasteiger partial charge is 0.396 e. The van der Waals surface area contributed by atoms with E-state index in [1.807, 2.05) is 59.4 Å². The number of hydrogen-bond donors (Lipinski definition) is 2. The lowest BCUT2D eigenvalue weighted by molar-refractivity contribution is 0.209. The van der Waals surface area contributed by atoms with Crippen molar-refractivity contribution in [3.63, 3.8) is 0 Å². The molecule has 3 aromatic rings. The molecule has 1 atom stereocenters. The Bertz CT molecular complexity index is 888. The number of aliphatic hydroxyl groups is 1. The van der Waals surface area contributed by atoms with Crippen LogP contribution in [0, 0.1) is 5.92 Å². The number of para-hydroxylation sites is 1. The molecule has 0 bridgehead atoms. The Hall–Kier alpha value is -2.86. The Kier molecular flexibility index (Phi) is 4.11. The highest BCUT2D eigenvalue weighted by Crippen LogP contribution is 2.21. The van der Waals surface area contributed by atoms with Gasteiger partial charge in [-0.05, 0) is 36.8 Å². The number of nitrogens with zero attached hydrogens (tertiary/aromatic N) is 3. The minimum Gasteiger partial charge on any atom is -0.396 e. The molecule has 1 saturated heterocycles. The summed E-state index contributed by atoms with van der Waals surface area (Å²) in [5, 5.41) is 17.6. The molecule has 128 valence electrons. The van der Waals surface area contributed by atoms with Gasteiger partial charge in [-0.3, -0.25) is 0 Å². The van der Waals surface area contributed by atoms with Gasteiger partial charge in [-0.15, -0.1) is 0 Å². The predicted octanol–water partition coefficient (Wildman–Crippen LogP) is 2.87. The van der Waals surface area contributed by atoms with Gasteiger partial charge in [-0.25, -0.2) is 9.48 Å². The molecule has 0 radical (unpaired) electrons. The number of aromatic nitrogens is 2. The first-order valence-electron chi connectivity index (χ1n) is 8.44. The molecule has 4 rings (SSSR count). The lowest BCUT2D eigenvalue weighted by Crippen LogP contribution is -2.33. The van der Waals surface area contributed by atoms with E-state index in [0.29, 0.717) is 13.1 Å². The molecule has 1 fully saturated rings. The zero-order valence-corrected chi connectivity index (χ0v) is 13.8. The van der Waals surface area contributed by atoms with Crippen molar-refractivity contribution in [1.82, 2.24) is 14.7 Å². The SMILES string of the molecule is O=C(Nc1ccc(-n2ncc3ccccc32)cc1)N1CC[C@@H](CO)C1. The zero-order chi connectivity index (χ0) is 17.2. The summed E-state index contributed by atoms with van der Waals surface area (Å²) in [5.41, 5.74) is 2.74. The van der Waals surface area contributed by atoms with E-state index in [9.17, 15) is 9.90 Å². The van der Waals surface area contributed by atoms with E-state index in [1.54, 1.807) is 4.90 Å². The van der Waals surface area contributed by atoms with Gasteiger partial charge in [0.2, 0.25) is 0 Å². The quantitative estimate of drug-likeness (QED) is 0.773. The summed E-state index contributed by atoms with van der Waals surface area (Å²) >= 11 is 0. The van der Waals surface area contributed by atoms with Crippen molar-refractivity contribution in [3.8, 4) is 5.69 Å². The van der Waals surface area contributed by atoms with Gasteiger partial charge in [-0.1, -0.05) is 18.2 Å². The summed E-state index contributed by atoms with van der Waals surface area (Å²) < 4.78 is 1.88. The fraction of sp³-hybridized carbons (Fsp3) is 0.263. The van der Waals surface area contributed by atoms with Crippen LogP contribution < -0.4 is 5.32 Å². The van der Waals surface area contributed by atoms with E-state index in [2.05, 4.69) is 10.4 Å². The van der Waals surface area contributed by atoms with E-state index in [1.165, 1.54) is 0 Å². The summed E-state index contributed by atoms with van der Waals surface area (Å²) in [6.45, 7) is 1.43. The number of benzene rings is 2. The van der Waals surface area contributed by atoms with Crippen LogP contribution >= 0.6 is 0 Å². The fourth-order valence-electron chi connectivity index (χ4n) is 3.23. The zero-order valence-electron chi connectivity index (χ0n) is 13.8. The number of hydrogen-bond acceptors (Lipinski definition) is 3. The minimum absolute atomic E-state index is 0.117. The van der Waals surface area contributed by atoms with Crippen LogP contribution in [0.5, 0.6) is 0 Å². The third-order valence-corrected chi connectivity index (χ3v) is 4.67. The number of fused-ring (bicyclic) bond motifs is 1. The average Bonchev–Trinajstić information content (AvgIpc) is 3.29. The molecule has 6 nitrogen and oxygen atoms in total. The van der Waals surface area contributed by atoms with Crippen LogP contribution in [0.4, 0.5) is 10.5 Å². The highest BCUT2D eigenvalue weighted by Gasteiger charge is 2.25. The molecule has 2 aromatic carbocycles. The summed E-state index contributed by atoms with van der Waals surface area (Å²) in [5.74, 6) is 0.196. The van der Waals surface area contributed by atoms with E-state index >= 15 is 0 Å². The summed E-state index contributed by atoms with van der Waals surface area (Å²) in [4.78, 5) is 14.0. The maximum atomic E-state index is 12.3. The van der Waals surface area contributed by atoms with Crippen LogP contribution in [0.1, 0.15) is 6.42 Å². The average molecular weight is 336 g/mol. The summed E-state index contributed by atoms with van der Waals surface area (Å²) in [6.07, 6.45) is 2.70. The molecule has 0 saturated carbocycles. The minimum atomic E-state index is -0.117. The van der Waals surface area contributed by atoms with E-state index < -0.39 is 0 Å². The first-order valence-corrected chi connectivity index (χ1v) is 8.44. The molecule has 1 aliphatic rings. The second-order valence-corrected chi connectivity index (χ2v) is 6.38. The molecule has 0 unspecified atom stereocenters. The maximum Gasteiger partial charge on any atom is 0.321 e. The number of carbonyl (C=O) groups is 1. The second-order valence-electron chi connectivity index (χ2n) is 6.38. The number of carbonyl (C=O) groups excluding carboxylic acids is 1. The normalized spacial score (nSPS) is 17.2. The number of likely N-dealkylation sites (tertiary alicyclic amines) is 1. The lowest BCUT2D eigenvalue weighted by atomic mass is 10.1. The van der Waals surface area contributed by atoms with Crippen LogP contribution in [0.3, 0.4) is 0 Å². The molecule has 0 spiro atoms. The third-order valence-electron chi connectivity index (χ3n) is 4.67. The number of anilines is 1. The molecule has 2 heterocycles. The number of nitrogens with one attached hydrogen (secondary N) is 1. The topological polar surface area (TPSA) is 70.4 Å². The van der Waals surface area contributed by atoms with E-state index in [4.69, 9.17) is 0 Å². The fourth-order valence-corrected chi connectivity index (χ4v) is 3.23. The van der Waals surface area contributed by atoms with Crippen molar-refractivity contribution in [2.24, 2.45) is 5.92 Å². The smallest absolute Gasteiger partial charge is 0.321 e. The van der Waals surface area contributed by atoms with Crippen molar-refractivity contribution in [2.45, 2.75) is 6.42 Å². The molecular formula is C19H20N4O2. The van der Waals surface area contributed by atoms with Gasteiger partial charge in [0.05, 0.1) is 17.4 Å². The number of rotatable bonds is 3. The number of aliphatic hydroxyl groups excluding tert-OH is 1. The Morgan fingerprint density at radius 1 is 1.20 bits per heavy atom. The molecular weight excluding hydrogens is 316 g/mol. The Morgan fingerprint density at radius 3 is 2.76 bits per heavy atom. The van der Waals surface area contributed by atoms with Crippen LogP contribution in [0.2, 0.25) is 0 Å². The molecule has 25 heavy (non-hydrogen) atoms. The van der Waals surface area contributed by atoms with Crippen molar-refractivity contribution >= 4 is 22.6 Å². The predicted molar refractivity (Wildman–Crippen MR) is 96.9 cm³/mol. The first kappa shape index (κ1) is 15.7. The van der Waals surface area contributed by atoms with Crippen LogP contribution in [-0.2, 0) is 0 Å². The van der Waals surface area contributed by atoms with Gasteiger partial charge in [0.15, 0.2) is 0 Å². The Balaban J connectivity index is 1.48. The van der Waals surface area contributed by atoms with Crippen LogP contribution in [-0.4, -0.2) is 45.5 Å². The van der Waals surface area contributed by atoms with Gasteiger partial charge in [0.25, 0.3) is 0 Å². The second kappa shape index (κ2) is 6.57. The van der Waals surface area contributed by atoms with Crippen LogP contribution in [0.15, 0.2) is 54.7 Å². The molecule has 2 N–H and O–H groups in total. The summed E-state index contributed by atoms with van der Waals surface area (Å²) in [6, 6.07) is 15.6. The monoisotopic (exact) mass is 336 g/mol. The molecule has 0 aliphatic carbocycles. The summed E-state index contributed by atoms with van der Waals surface area (Å²) in [7, 11) is 0. The van der Waals surface area contributed by atoms with E-state index in [0.717, 1.165) is 28.7 Å². The van der Waals surface area contributed by atoms with E-state index in [-0.39, 0.29) is 18.6 Å². The van der Waals surface area contributed by atoms with Crippen molar-refractivity contribution in [3.05, 3.63) is 54.7 Å². The lowest BCUT2D eigenvalue weighted by Gasteiger charge is -2.17. The Morgan fingerprint density at radius 2 is 2.00 bits per heavy atom. The molecule has 2 amide bonds. The van der Waals surface area contributed by atoms with Gasteiger partial charge in [0, 0.05) is 36.7 Å². The van der Waals surface area contributed by atoms with Gasteiger partial charge < -0.3 is 15.3 Å². The van der Waals surface area contributed by atoms with Gasteiger partial charge in [0.1, 0.15) is 0 Å². The number of amides is 2. The van der Waals surface area contributed by atoms with Crippen molar-refractivity contribution in [1.29, 1.82) is 0 Å². The molecule has 1 aromatic heterocycles. The molecule has 6 heteroatoms. The number of urea groups is 1. The maximum absolute atomic E-state index is 12.3. The highest BCUT2D eigenvalue weighted by atomic mass is 16.3. The standard InChI is InChI=1S/C19H20N4O2/c24-13-14-9-10-22(12-14)19(25)21-16-5-7-17(8-6-16)23-18-4-2-1-3-15(18)11-20-23/h1-8,11,14,24H,9-10,12-13H2,(H,21,25)/t14-/m1/s1. The van der Waals surface area contributed by atoms with Gasteiger partial charge >= 0.3 is 6.03 Å². The van der Waals surface area contributed by atoms with Crippen LogP contribution in [0.25, 0.3) is 16.6 Å². The highest BCUT2D eigenvalue weighted by molar-refractivity contribution is 5.89. The third kappa shape index (κ3) is 3.08. The first-order chi connectivity index (χ1) is 12.2. The Labute approximate surface area is 145 Å².